The lowest BCUT2D eigenvalue weighted by molar-refractivity contribution is 0.344. The van der Waals surface area contributed by atoms with Gasteiger partial charge in [0.25, 0.3) is 7.44 Å². The van der Waals surface area contributed by atoms with E-state index in [0.29, 0.717) is 12.0 Å². The minimum atomic E-state index is -3.05. The summed E-state index contributed by atoms with van der Waals surface area (Å²) < 4.78 is 18.9. The number of fused-ring (bicyclic) bond motifs is 1. The molecular weight excluding hydrogens is 379 g/mol. The van der Waals surface area contributed by atoms with Crippen molar-refractivity contribution in [3.63, 3.8) is 0 Å². The molecule has 5 nitrogen and oxygen atoms in total. The second-order valence-electron chi connectivity index (χ2n) is 8.93. The zero-order chi connectivity index (χ0) is 20.2. The van der Waals surface area contributed by atoms with Crippen molar-refractivity contribution in [2.75, 3.05) is 24.9 Å². The van der Waals surface area contributed by atoms with Gasteiger partial charge < -0.3 is 4.90 Å². The molecule has 1 aromatic rings. The molecule has 0 N–H and O–H groups in total. The van der Waals surface area contributed by atoms with Gasteiger partial charge in [-0.3, -0.25) is 4.57 Å². The summed E-state index contributed by atoms with van der Waals surface area (Å²) in [6.45, 7) is 6.29. The van der Waals surface area contributed by atoms with E-state index < -0.39 is 7.44 Å². The SMILES string of the molecule is CN1/C(=C2\C=NN(c3ccccc3)[P@]2(=O)N2CCCC2)C(C)(C)[C@@H]2C=CC=C[C@@H]21. The van der Waals surface area contributed by atoms with Gasteiger partial charge in [0, 0.05) is 37.2 Å². The van der Waals surface area contributed by atoms with Crippen molar-refractivity contribution >= 4 is 19.3 Å². The number of allylic oxidation sites excluding steroid dienone is 4. The van der Waals surface area contributed by atoms with Crippen LogP contribution in [-0.2, 0) is 4.57 Å². The fourth-order valence-electron chi connectivity index (χ4n) is 5.49. The lowest BCUT2D eigenvalue weighted by Crippen LogP contribution is -2.29. The molecule has 1 aromatic carbocycles. The van der Waals surface area contributed by atoms with Crippen molar-refractivity contribution in [3.05, 3.63) is 65.6 Å². The van der Waals surface area contributed by atoms with Crippen LogP contribution in [0.15, 0.2) is 70.7 Å². The van der Waals surface area contributed by atoms with Gasteiger partial charge in [-0.25, -0.2) is 4.67 Å². The van der Waals surface area contributed by atoms with Crippen LogP contribution >= 0.6 is 7.44 Å². The van der Waals surface area contributed by atoms with Crippen LogP contribution < -0.4 is 4.78 Å². The van der Waals surface area contributed by atoms with Crippen LogP contribution in [0.2, 0.25) is 0 Å². The molecule has 2 fully saturated rings. The molecule has 3 heterocycles. The smallest absolute Gasteiger partial charge is 0.292 e. The summed E-state index contributed by atoms with van der Waals surface area (Å²) in [5, 5.41) is 5.64. The zero-order valence-corrected chi connectivity index (χ0v) is 18.3. The molecule has 0 saturated carbocycles. The molecule has 0 unspecified atom stereocenters. The Balaban J connectivity index is 1.70. The minimum Gasteiger partial charge on any atom is -0.370 e. The van der Waals surface area contributed by atoms with Gasteiger partial charge in [-0.05, 0) is 25.0 Å². The third kappa shape index (κ3) is 2.64. The number of likely N-dealkylation sites (tertiary alicyclic amines) is 1. The Morgan fingerprint density at radius 3 is 2.45 bits per heavy atom. The number of hydrazone groups is 1. The molecule has 0 amide bonds. The van der Waals surface area contributed by atoms with Crippen LogP contribution in [0.4, 0.5) is 5.69 Å². The van der Waals surface area contributed by atoms with Crippen LogP contribution in [0.25, 0.3) is 0 Å². The lowest BCUT2D eigenvalue weighted by Gasteiger charge is -2.35. The van der Waals surface area contributed by atoms with Gasteiger partial charge in [0.1, 0.15) is 0 Å². The maximum atomic E-state index is 14.9. The Hall–Kier alpha value is -2.10. The lowest BCUT2D eigenvalue weighted by atomic mass is 9.75. The molecule has 152 valence electrons. The highest BCUT2D eigenvalue weighted by molar-refractivity contribution is 7.69. The highest BCUT2D eigenvalue weighted by atomic mass is 31.2. The summed E-state index contributed by atoms with van der Waals surface area (Å²) in [6.07, 6.45) is 12.9. The number of nitrogens with zero attached hydrogens (tertiary/aromatic N) is 4. The number of para-hydroxylation sites is 1. The van der Waals surface area contributed by atoms with Crippen molar-refractivity contribution in [2.45, 2.75) is 32.7 Å². The van der Waals surface area contributed by atoms with Crippen LogP contribution in [-0.4, -0.2) is 42.0 Å². The summed E-state index contributed by atoms with van der Waals surface area (Å²) in [5.74, 6) is 0.367. The fourth-order valence-corrected chi connectivity index (χ4v) is 8.62. The number of hydrogen-bond acceptors (Lipinski definition) is 3. The van der Waals surface area contributed by atoms with Crippen molar-refractivity contribution in [2.24, 2.45) is 16.4 Å². The summed E-state index contributed by atoms with van der Waals surface area (Å²) >= 11 is 0. The van der Waals surface area contributed by atoms with Gasteiger partial charge in [-0.1, -0.05) is 56.4 Å². The molecule has 29 heavy (non-hydrogen) atoms. The quantitative estimate of drug-likeness (QED) is 0.640. The molecule has 6 heteroatoms. The second kappa shape index (κ2) is 6.72. The van der Waals surface area contributed by atoms with Crippen LogP contribution in [0.1, 0.15) is 26.7 Å². The van der Waals surface area contributed by atoms with E-state index in [1.807, 2.05) is 36.5 Å². The first-order valence-electron chi connectivity index (χ1n) is 10.5. The maximum Gasteiger partial charge on any atom is 0.292 e. The van der Waals surface area contributed by atoms with Crippen molar-refractivity contribution in [1.29, 1.82) is 0 Å². The molecule has 0 radical (unpaired) electrons. The number of rotatable bonds is 2. The molecule has 0 bridgehead atoms. The third-order valence-electron chi connectivity index (χ3n) is 6.90. The molecule has 0 aromatic heterocycles. The highest BCUT2D eigenvalue weighted by Gasteiger charge is 2.54. The predicted octanol–water partition coefficient (Wildman–Crippen LogP) is 5.08. The number of hydrogen-bond donors (Lipinski definition) is 0. The molecular formula is C23H29N4OP. The van der Waals surface area contributed by atoms with E-state index in [4.69, 9.17) is 5.10 Å². The Kier molecular flexibility index (Phi) is 4.38. The van der Waals surface area contributed by atoms with Gasteiger partial charge in [-0.15, -0.1) is 0 Å². The van der Waals surface area contributed by atoms with Gasteiger partial charge in [0.15, 0.2) is 0 Å². The topological polar surface area (TPSA) is 39.1 Å². The number of anilines is 1. The van der Waals surface area contributed by atoms with Crippen molar-refractivity contribution in [1.82, 2.24) is 9.57 Å². The summed E-state index contributed by atoms with van der Waals surface area (Å²) in [4.78, 5) is 2.34. The summed E-state index contributed by atoms with van der Waals surface area (Å²) in [6, 6.07) is 10.3. The Labute approximate surface area is 173 Å². The largest absolute Gasteiger partial charge is 0.370 e. The van der Waals surface area contributed by atoms with E-state index >= 15 is 0 Å². The molecule has 4 aliphatic rings. The molecule has 3 atom stereocenters. The van der Waals surface area contributed by atoms with Crippen LogP contribution in [0.3, 0.4) is 0 Å². The molecule has 1 aliphatic carbocycles. The molecule has 5 rings (SSSR count). The number of likely N-dealkylation sites (N-methyl/N-ethyl adjacent to an activating group) is 1. The Morgan fingerprint density at radius 1 is 1.07 bits per heavy atom. The van der Waals surface area contributed by atoms with Crippen molar-refractivity contribution in [3.8, 4) is 0 Å². The maximum absolute atomic E-state index is 14.9. The first-order chi connectivity index (χ1) is 14.0. The van der Waals surface area contributed by atoms with Crippen LogP contribution in [0.5, 0.6) is 0 Å². The average molecular weight is 408 g/mol. The second-order valence-corrected chi connectivity index (χ2v) is 11.4. The van der Waals surface area contributed by atoms with Crippen molar-refractivity contribution < 1.29 is 4.57 Å². The van der Waals surface area contributed by atoms with E-state index in [-0.39, 0.29) is 5.41 Å². The van der Waals surface area contributed by atoms with E-state index in [2.05, 4.69) is 54.8 Å². The third-order valence-corrected chi connectivity index (χ3v) is 9.87. The predicted molar refractivity (Wildman–Crippen MR) is 120 cm³/mol. The van der Waals surface area contributed by atoms with E-state index in [1.165, 1.54) is 5.70 Å². The van der Waals surface area contributed by atoms with Gasteiger partial charge in [-0.2, -0.15) is 9.88 Å². The Bertz CT molecular complexity index is 972. The standard InChI is InChI=1S/C23H29N4OP/c1-23(2)19-13-7-8-14-20(19)25(3)22(23)21-17-24-27(18-11-5-4-6-12-18)29(21,28)26-15-9-10-16-26/h4-8,11-14,17,19-20H,9-10,15-16H2,1-3H3/b22-21+/t19-,20+,29-/m1/s1. The minimum absolute atomic E-state index is 0.121. The normalized spacial score (nSPS) is 35.7. The summed E-state index contributed by atoms with van der Waals surface area (Å²) in [5.41, 5.74) is 1.94. The van der Waals surface area contributed by atoms with E-state index in [9.17, 15) is 4.57 Å². The average Bonchev–Trinajstić information content (AvgIpc) is 3.42. The molecule has 3 aliphatic heterocycles. The van der Waals surface area contributed by atoms with E-state index in [1.54, 1.807) is 4.78 Å². The number of benzene rings is 1. The van der Waals surface area contributed by atoms with Gasteiger partial charge >= 0.3 is 0 Å². The highest BCUT2D eigenvalue weighted by Crippen LogP contribution is 2.68. The monoisotopic (exact) mass is 408 g/mol. The zero-order valence-electron chi connectivity index (χ0n) is 17.4. The Morgan fingerprint density at radius 2 is 1.76 bits per heavy atom. The summed E-state index contributed by atoms with van der Waals surface area (Å²) in [7, 11) is -0.901. The first kappa shape index (κ1) is 18.9. The van der Waals surface area contributed by atoms with E-state index in [0.717, 1.165) is 36.9 Å². The van der Waals surface area contributed by atoms with Crippen LogP contribution in [0, 0.1) is 11.3 Å². The van der Waals surface area contributed by atoms with Gasteiger partial charge in [0.05, 0.1) is 23.3 Å². The van der Waals surface area contributed by atoms with Gasteiger partial charge in [0.2, 0.25) is 0 Å². The fraction of sp³-hybridized carbons (Fsp3) is 0.435. The molecule has 2 saturated heterocycles. The first-order valence-corrected chi connectivity index (χ1v) is 12.1. The molecule has 0 spiro atoms.